The lowest BCUT2D eigenvalue weighted by atomic mass is 9.98. The number of alkyl halides is 3. The Morgan fingerprint density at radius 3 is 2.44 bits per heavy atom. The van der Waals surface area contributed by atoms with Gasteiger partial charge in [0.15, 0.2) is 0 Å². The van der Waals surface area contributed by atoms with Crippen molar-refractivity contribution in [2.45, 2.75) is 31.5 Å². The molecule has 166 valence electrons. The lowest BCUT2D eigenvalue weighted by molar-refractivity contribution is -0.137. The van der Waals surface area contributed by atoms with Crippen LogP contribution >= 0.6 is 0 Å². The zero-order chi connectivity index (χ0) is 22.9. The third-order valence-electron chi connectivity index (χ3n) is 5.52. The summed E-state index contributed by atoms with van der Waals surface area (Å²) in [5.41, 5.74) is 7.27. The molecule has 0 unspecified atom stereocenters. The molecular weight excluding hydrogens is 424 g/mol. The Balaban J connectivity index is 1.64. The molecule has 1 aliphatic heterocycles. The molecule has 4 rings (SSSR count). The lowest BCUT2D eigenvalue weighted by Crippen LogP contribution is -2.32. The molecule has 1 fully saturated rings. The van der Waals surface area contributed by atoms with Crippen molar-refractivity contribution in [3.63, 3.8) is 0 Å². The summed E-state index contributed by atoms with van der Waals surface area (Å²) in [5, 5.41) is 0. The highest BCUT2D eigenvalue weighted by molar-refractivity contribution is 5.80. The molecule has 2 N–H and O–H groups in total. The van der Waals surface area contributed by atoms with Gasteiger partial charge in [-0.05, 0) is 48.2 Å². The molecule has 9 heteroatoms. The van der Waals surface area contributed by atoms with Gasteiger partial charge in [0.2, 0.25) is 11.9 Å². The Morgan fingerprint density at radius 2 is 1.78 bits per heavy atom. The summed E-state index contributed by atoms with van der Waals surface area (Å²) < 4.78 is 52.0. The van der Waals surface area contributed by atoms with Crippen molar-refractivity contribution in [2.24, 2.45) is 0 Å². The average molecular weight is 444 g/mol. The summed E-state index contributed by atoms with van der Waals surface area (Å²) in [5.74, 6) is -0.499. The highest BCUT2D eigenvalue weighted by Gasteiger charge is 2.34. The molecule has 3 aromatic rings. The van der Waals surface area contributed by atoms with Crippen molar-refractivity contribution in [3.8, 4) is 11.1 Å². The first-order valence-electron chi connectivity index (χ1n) is 10.1. The third-order valence-corrected chi connectivity index (χ3v) is 5.52. The van der Waals surface area contributed by atoms with Crippen LogP contribution in [0.4, 0.5) is 23.5 Å². The van der Waals surface area contributed by atoms with Crippen LogP contribution in [0.15, 0.2) is 54.7 Å². The van der Waals surface area contributed by atoms with E-state index in [1.807, 2.05) is 0 Å². The van der Waals surface area contributed by atoms with E-state index in [-0.39, 0.29) is 30.1 Å². The molecule has 0 bridgehead atoms. The second-order valence-corrected chi connectivity index (χ2v) is 7.65. The number of nitrogens with zero attached hydrogens (tertiary/aromatic N) is 3. The number of nitrogens with two attached hydrogens (primary N) is 1. The number of hydrogen-bond acceptors (Lipinski definition) is 4. The largest absolute Gasteiger partial charge is 0.416 e. The molecule has 2 heterocycles. The third kappa shape index (κ3) is 4.56. The van der Waals surface area contributed by atoms with Crippen LogP contribution < -0.4 is 5.73 Å². The molecule has 2 aromatic carbocycles. The predicted molar refractivity (Wildman–Crippen MR) is 111 cm³/mol. The number of anilines is 1. The van der Waals surface area contributed by atoms with Crippen LogP contribution in [0.2, 0.25) is 0 Å². The van der Waals surface area contributed by atoms with Gasteiger partial charge in [0.05, 0.1) is 23.7 Å². The van der Waals surface area contributed by atoms with Gasteiger partial charge in [-0.3, -0.25) is 4.79 Å². The Kier molecular flexibility index (Phi) is 5.82. The normalized spacial score (nSPS) is 16.4. The Hall–Kier alpha value is -3.49. The SMILES string of the molecule is Nc1ncc(-c2ccc(C(F)(F)F)cc2)c([C@@H]2CCCN2C(=O)Cc2ccc(F)cc2)n1. The van der Waals surface area contributed by atoms with Gasteiger partial charge in [-0.15, -0.1) is 0 Å². The number of hydrogen-bond donors (Lipinski definition) is 1. The summed E-state index contributed by atoms with van der Waals surface area (Å²) in [4.78, 5) is 23.1. The molecule has 0 aliphatic carbocycles. The zero-order valence-corrected chi connectivity index (χ0v) is 16.9. The number of rotatable bonds is 4. The fourth-order valence-corrected chi connectivity index (χ4v) is 3.95. The first-order chi connectivity index (χ1) is 15.2. The van der Waals surface area contributed by atoms with Crippen molar-refractivity contribution in [1.82, 2.24) is 14.9 Å². The van der Waals surface area contributed by atoms with E-state index in [9.17, 15) is 22.4 Å². The highest BCUT2D eigenvalue weighted by Crippen LogP contribution is 2.38. The quantitative estimate of drug-likeness (QED) is 0.588. The van der Waals surface area contributed by atoms with E-state index in [0.29, 0.717) is 35.3 Å². The molecule has 1 aliphatic rings. The number of amides is 1. The maximum Gasteiger partial charge on any atom is 0.416 e. The maximum atomic E-state index is 13.2. The number of carbonyl (C=O) groups is 1. The Bertz CT molecular complexity index is 1110. The van der Waals surface area contributed by atoms with Gasteiger partial charge in [-0.2, -0.15) is 13.2 Å². The van der Waals surface area contributed by atoms with Gasteiger partial charge in [0.25, 0.3) is 0 Å². The highest BCUT2D eigenvalue weighted by atomic mass is 19.4. The smallest absolute Gasteiger partial charge is 0.368 e. The topological polar surface area (TPSA) is 72.1 Å². The minimum absolute atomic E-state index is 0.0218. The number of halogens is 4. The Labute approximate surface area is 181 Å². The summed E-state index contributed by atoms with van der Waals surface area (Å²) in [6.07, 6.45) is -1.47. The van der Waals surface area contributed by atoms with Crippen molar-refractivity contribution < 1.29 is 22.4 Å². The predicted octanol–water partition coefficient (Wildman–Crippen LogP) is 4.79. The van der Waals surface area contributed by atoms with Crippen molar-refractivity contribution in [1.29, 1.82) is 0 Å². The number of benzene rings is 2. The number of likely N-dealkylation sites (tertiary alicyclic amines) is 1. The lowest BCUT2D eigenvalue weighted by Gasteiger charge is -2.26. The standard InChI is InChI=1S/C23H20F4N4O/c24-17-9-3-14(4-10-17)12-20(32)31-11-1-2-19(31)21-18(13-29-22(28)30-21)15-5-7-16(8-6-15)23(25,26)27/h3-10,13,19H,1-2,11-12H2,(H2,28,29,30)/t19-/m0/s1. The van der Waals surface area contributed by atoms with Crippen molar-refractivity contribution >= 4 is 11.9 Å². The molecule has 1 atom stereocenters. The van der Waals surface area contributed by atoms with E-state index < -0.39 is 11.7 Å². The maximum absolute atomic E-state index is 13.2. The molecule has 0 radical (unpaired) electrons. The molecule has 0 saturated carbocycles. The van der Waals surface area contributed by atoms with Crippen LogP contribution in [0.1, 0.15) is 35.7 Å². The summed E-state index contributed by atoms with van der Waals surface area (Å²) in [7, 11) is 0. The minimum atomic E-state index is -4.44. The second-order valence-electron chi connectivity index (χ2n) is 7.65. The number of carbonyl (C=O) groups excluding carboxylic acids is 1. The first-order valence-corrected chi connectivity index (χ1v) is 10.1. The van der Waals surface area contributed by atoms with Gasteiger partial charge in [-0.25, -0.2) is 14.4 Å². The van der Waals surface area contributed by atoms with Crippen molar-refractivity contribution in [2.75, 3.05) is 12.3 Å². The van der Waals surface area contributed by atoms with E-state index in [1.54, 1.807) is 17.0 Å². The van der Waals surface area contributed by atoms with Gasteiger partial charge >= 0.3 is 6.18 Å². The van der Waals surface area contributed by atoms with E-state index in [1.165, 1.54) is 30.5 Å². The summed E-state index contributed by atoms with van der Waals surface area (Å²) in [6.45, 7) is 0.515. The van der Waals surface area contributed by atoms with Crippen LogP contribution in [-0.2, 0) is 17.4 Å². The van der Waals surface area contributed by atoms with Crippen LogP contribution in [0.3, 0.4) is 0 Å². The Morgan fingerprint density at radius 1 is 1.09 bits per heavy atom. The van der Waals surface area contributed by atoms with Gasteiger partial charge in [0, 0.05) is 18.3 Å². The van der Waals surface area contributed by atoms with Gasteiger partial charge < -0.3 is 10.6 Å². The fourth-order valence-electron chi connectivity index (χ4n) is 3.95. The average Bonchev–Trinajstić information content (AvgIpc) is 3.25. The number of nitrogen functional groups attached to an aromatic ring is 1. The van der Waals surface area contributed by atoms with Gasteiger partial charge in [-0.1, -0.05) is 24.3 Å². The summed E-state index contributed by atoms with van der Waals surface area (Å²) >= 11 is 0. The number of aromatic nitrogens is 2. The molecule has 32 heavy (non-hydrogen) atoms. The monoisotopic (exact) mass is 444 g/mol. The summed E-state index contributed by atoms with van der Waals surface area (Å²) in [6, 6.07) is 10.1. The fraction of sp³-hybridized carbons (Fsp3) is 0.261. The van der Waals surface area contributed by atoms with Crippen molar-refractivity contribution in [3.05, 3.63) is 77.4 Å². The van der Waals surface area contributed by atoms with Crippen LogP contribution in [0.5, 0.6) is 0 Å². The van der Waals surface area contributed by atoms with E-state index >= 15 is 0 Å². The van der Waals surface area contributed by atoms with Crippen LogP contribution in [-0.4, -0.2) is 27.3 Å². The van der Waals surface area contributed by atoms with E-state index in [2.05, 4.69) is 9.97 Å². The van der Waals surface area contributed by atoms with Gasteiger partial charge in [0.1, 0.15) is 5.82 Å². The molecule has 1 saturated heterocycles. The van der Waals surface area contributed by atoms with E-state index in [0.717, 1.165) is 18.6 Å². The minimum Gasteiger partial charge on any atom is -0.368 e. The van der Waals surface area contributed by atoms with E-state index in [4.69, 9.17) is 5.73 Å². The molecule has 1 amide bonds. The molecular formula is C23H20F4N4O. The second kappa shape index (κ2) is 8.57. The zero-order valence-electron chi connectivity index (χ0n) is 16.9. The van der Waals surface area contributed by atoms with Crippen LogP contribution in [0.25, 0.3) is 11.1 Å². The first kappa shape index (κ1) is 21.7. The molecule has 5 nitrogen and oxygen atoms in total. The molecule has 0 spiro atoms. The molecule has 1 aromatic heterocycles. The van der Waals surface area contributed by atoms with Crippen LogP contribution in [0, 0.1) is 5.82 Å².